The molecule has 2 aromatic heterocycles. The first-order chi connectivity index (χ1) is 11.7. The number of nitrogens with zero attached hydrogens (tertiary/aromatic N) is 4. The Morgan fingerprint density at radius 2 is 2.12 bits per heavy atom. The summed E-state index contributed by atoms with van der Waals surface area (Å²) >= 11 is 0. The molecule has 8 heteroatoms. The number of hydrogen-bond donors (Lipinski definition) is 2. The molecule has 0 spiro atoms. The van der Waals surface area contributed by atoms with Gasteiger partial charge in [0.15, 0.2) is 11.6 Å². The standard InChI is InChI=1S/C16H15N5O3/c1-24-12-4-2-11(3-5-12)9-21-13(6-7-19-21)14(22)8-15(23)16-17-10-18-20-16/h2-8,10,23H,9H2,1H3,(H,17,18,20). The van der Waals surface area contributed by atoms with Crippen LogP contribution in [-0.2, 0) is 6.54 Å². The summed E-state index contributed by atoms with van der Waals surface area (Å²) < 4.78 is 6.68. The molecule has 3 rings (SSSR count). The number of ether oxygens (including phenoxy) is 1. The highest BCUT2D eigenvalue weighted by atomic mass is 16.5. The van der Waals surface area contributed by atoms with Crippen molar-refractivity contribution in [3.05, 3.63) is 66.0 Å². The first kappa shape index (κ1) is 15.5. The molecule has 0 radical (unpaired) electrons. The number of hydrogen-bond acceptors (Lipinski definition) is 6. The quantitative estimate of drug-likeness (QED) is 0.407. The van der Waals surface area contributed by atoms with Crippen LogP contribution in [0.1, 0.15) is 21.9 Å². The Morgan fingerprint density at radius 3 is 2.79 bits per heavy atom. The zero-order valence-electron chi connectivity index (χ0n) is 12.9. The van der Waals surface area contributed by atoms with Crippen molar-refractivity contribution < 1.29 is 14.6 Å². The van der Waals surface area contributed by atoms with Crippen LogP contribution in [-0.4, -0.2) is 43.0 Å². The first-order valence-corrected chi connectivity index (χ1v) is 7.13. The minimum Gasteiger partial charge on any atom is -0.504 e. The number of aliphatic hydroxyl groups excluding tert-OH is 1. The fourth-order valence-corrected chi connectivity index (χ4v) is 2.17. The maximum atomic E-state index is 12.3. The van der Waals surface area contributed by atoms with Gasteiger partial charge in [-0.2, -0.15) is 10.2 Å². The summed E-state index contributed by atoms with van der Waals surface area (Å²) in [5, 5.41) is 20.2. The molecule has 0 bridgehead atoms. The van der Waals surface area contributed by atoms with Gasteiger partial charge in [-0.25, -0.2) is 4.98 Å². The molecule has 0 unspecified atom stereocenters. The van der Waals surface area contributed by atoms with Gasteiger partial charge < -0.3 is 9.84 Å². The second-order valence-electron chi connectivity index (χ2n) is 4.95. The van der Waals surface area contributed by atoms with Crippen LogP contribution in [0.15, 0.2) is 48.9 Å². The van der Waals surface area contributed by atoms with Gasteiger partial charge in [-0.05, 0) is 23.8 Å². The zero-order chi connectivity index (χ0) is 16.9. The smallest absolute Gasteiger partial charge is 0.207 e. The number of aromatic nitrogens is 5. The molecule has 122 valence electrons. The van der Waals surface area contributed by atoms with E-state index < -0.39 is 0 Å². The summed E-state index contributed by atoms with van der Waals surface area (Å²) in [4.78, 5) is 16.1. The SMILES string of the molecule is COc1ccc(Cn2nccc2C(=O)C=C(O)c2ncn[nH]2)cc1. The normalized spacial score (nSPS) is 11.5. The van der Waals surface area contributed by atoms with E-state index in [1.165, 1.54) is 12.5 Å². The van der Waals surface area contributed by atoms with Gasteiger partial charge in [-0.1, -0.05) is 12.1 Å². The average Bonchev–Trinajstić information content (AvgIpc) is 3.27. The van der Waals surface area contributed by atoms with Crippen molar-refractivity contribution in [2.75, 3.05) is 7.11 Å². The molecule has 2 heterocycles. The Balaban J connectivity index is 1.79. The zero-order valence-corrected chi connectivity index (χ0v) is 12.9. The molecule has 3 aromatic rings. The molecule has 1 aromatic carbocycles. The third-order valence-electron chi connectivity index (χ3n) is 3.39. The van der Waals surface area contributed by atoms with Gasteiger partial charge in [-0.15, -0.1) is 0 Å². The number of benzene rings is 1. The van der Waals surface area contributed by atoms with Crippen molar-refractivity contribution in [2.24, 2.45) is 0 Å². The number of methoxy groups -OCH3 is 1. The van der Waals surface area contributed by atoms with E-state index in [4.69, 9.17) is 4.74 Å². The Labute approximate surface area is 137 Å². The van der Waals surface area contributed by atoms with Crippen molar-refractivity contribution in [2.45, 2.75) is 6.54 Å². The lowest BCUT2D eigenvalue weighted by molar-refractivity contribution is 0.103. The summed E-state index contributed by atoms with van der Waals surface area (Å²) in [7, 11) is 1.60. The predicted molar refractivity (Wildman–Crippen MR) is 85.6 cm³/mol. The number of aliphatic hydroxyl groups is 1. The van der Waals surface area contributed by atoms with E-state index in [1.54, 1.807) is 17.9 Å². The minimum atomic E-state index is -0.380. The van der Waals surface area contributed by atoms with Crippen LogP contribution >= 0.6 is 0 Å². The maximum absolute atomic E-state index is 12.3. The van der Waals surface area contributed by atoms with Gasteiger partial charge in [0.05, 0.1) is 13.7 Å². The van der Waals surface area contributed by atoms with Gasteiger partial charge in [-0.3, -0.25) is 14.6 Å². The predicted octanol–water partition coefficient (Wildman–Crippen LogP) is 1.84. The second kappa shape index (κ2) is 6.78. The van der Waals surface area contributed by atoms with Crippen molar-refractivity contribution in [3.8, 4) is 5.75 Å². The Hall–Kier alpha value is -3.42. The molecule has 0 atom stereocenters. The summed E-state index contributed by atoms with van der Waals surface area (Å²) in [6.45, 7) is 0.426. The largest absolute Gasteiger partial charge is 0.504 e. The number of carbonyl (C=O) groups is 1. The number of rotatable bonds is 6. The third kappa shape index (κ3) is 3.32. The number of H-pyrrole nitrogens is 1. The molecule has 0 saturated carbocycles. The maximum Gasteiger partial charge on any atom is 0.207 e. The molecule has 0 aliphatic heterocycles. The second-order valence-corrected chi connectivity index (χ2v) is 4.95. The van der Waals surface area contributed by atoms with E-state index in [9.17, 15) is 9.90 Å². The summed E-state index contributed by atoms with van der Waals surface area (Å²) in [5.74, 6) is 0.226. The molecule has 0 amide bonds. The van der Waals surface area contributed by atoms with E-state index in [0.717, 1.165) is 17.4 Å². The van der Waals surface area contributed by atoms with Crippen LogP contribution in [0.5, 0.6) is 5.75 Å². The summed E-state index contributed by atoms with van der Waals surface area (Å²) in [5.41, 5.74) is 1.33. The van der Waals surface area contributed by atoms with Crippen LogP contribution < -0.4 is 4.74 Å². The van der Waals surface area contributed by atoms with E-state index in [0.29, 0.717) is 12.2 Å². The Morgan fingerprint density at radius 1 is 1.33 bits per heavy atom. The van der Waals surface area contributed by atoms with E-state index in [-0.39, 0.29) is 17.4 Å². The van der Waals surface area contributed by atoms with Crippen molar-refractivity contribution in [1.82, 2.24) is 25.0 Å². The molecule has 0 saturated heterocycles. The van der Waals surface area contributed by atoms with Gasteiger partial charge >= 0.3 is 0 Å². The molecule has 0 aliphatic carbocycles. The van der Waals surface area contributed by atoms with Crippen LogP contribution in [0.4, 0.5) is 0 Å². The molecule has 0 fully saturated rings. The van der Waals surface area contributed by atoms with Crippen molar-refractivity contribution in [3.63, 3.8) is 0 Å². The van der Waals surface area contributed by atoms with Gasteiger partial charge in [0.25, 0.3) is 0 Å². The van der Waals surface area contributed by atoms with E-state index >= 15 is 0 Å². The van der Waals surface area contributed by atoms with Crippen LogP contribution in [0.3, 0.4) is 0 Å². The summed E-state index contributed by atoms with van der Waals surface area (Å²) in [6, 6.07) is 9.08. The number of aromatic amines is 1. The lowest BCUT2D eigenvalue weighted by Crippen LogP contribution is -2.10. The number of carbonyl (C=O) groups excluding carboxylic acids is 1. The number of nitrogens with one attached hydrogen (secondary N) is 1. The fraction of sp³-hybridized carbons (Fsp3) is 0.125. The van der Waals surface area contributed by atoms with E-state index in [2.05, 4.69) is 20.3 Å². The average molecular weight is 325 g/mol. The van der Waals surface area contributed by atoms with Crippen molar-refractivity contribution >= 4 is 11.5 Å². The monoisotopic (exact) mass is 325 g/mol. The van der Waals surface area contributed by atoms with Gasteiger partial charge in [0.1, 0.15) is 17.8 Å². The Kier molecular flexibility index (Phi) is 4.37. The summed E-state index contributed by atoms with van der Waals surface area (Å²) in [6.07, 6.45) is 3.87. The highest BCUT2D eigenvalue weighted by Crippen LogP contribution is 2.14. The molecular weight excluding hydrogens is 310 g/mol. The highest BCUT2D eigenvalue weighted by molar-refractivity contribution is 6.06. The lowest BCUT2D eigenvalue weighted by Gasteiger charge is -2.07. The number of ketones is 1. The van der Waals surface area contributed by atoms with Gasteiger partial charge in [0.2, 0.25) is 5.78 Å². The van der Waals surface area contributed by atoms with Crippen LogP contribution in [0.2, 0.25) is 0 Å². The first-order valence-electron chi connectivity index (χ1n) is 7.13. The molecule has 0 aliphatic rings. The van der Waals surface area contributed by atoms with Crippen molar-refractivity contribution in [1.29, 1.82) is 0 Å². The fourth-order valence-electron chi connectivity index (χ4n) is 2.17. The number of allylic oxidation sites excluding steroid dienone is 1. The third-order valence-corrected chi connectivity index (χ3v) is 3.39. The Bertz CT molecular complexity index is 850. The molecule has 2 N–H and O–H groups in total. The topological polar surface area (TPSA) is 106 Å². The molecular formula is C16H15N5O3. The molecule has 24 heavy (non-hydrogen) atoms. The molecule has 8 nitrogen and oxygen atoms in total. The minimum absolute atomic E-state index is 0.129. The lowest BCUT2D eigenvalue weighted by atomic mass is 10.2. The van der Waals surface area contributed by atoms with Crippen LogP contribution in [0, 0.1) is 0 Å². The highest BCUT2D eigenvalue weighted by Gasteiger charge is 2.13. The van der Waals surface area contributed by atoms with Crippen LogP contribution in [0.25, 0.3) is 5.76 Å². The van der Waals surface area contributed by atoms with Gasteiger partial charge in [0, 0.05) is 12.3 Å². The van der Waals surface area contributed by atoms with E-state index in [1.807, 2.05) is 24.3 Å².